The quantitative estimate of drug-likeness (QED) is 0.410. The minimum Gasteiger partial charge on any atom is -0.495 e. The molecule has 3 rings (SSSR count). The first kappa shape index (κ1) is 24.4. The second kappa shape index (κ2) is 11.1. The third-order valence-corrected chi connectivity index (χ3v) is 4.50. The second-order valence-corrected chi connectivity index (χ2v) is 7.03. The van der Waals surface area contributed by atoms with Crippen molar-refractivity contribution in [2.45, 2.75) is 6.18 Å². The number of hydrogen-bond donors (Lipinski definition) is 3. The number of alkyl halides is 3. The van der Waals surface area contributed by atoms with Crippen LogP contribution >= 0.6 is 0 Å². The molecule has 0 saturated heterocycles. The van der Waals surface area contributed by atoms with Gasteiger partial charge in [0.15, 0.2) is 6.61 Å². The highest BCUT2D eigenvalue weighted by atomic mass is 19.4. The number of methoxy groups -OCH3 is 1. The maximum Gasteiger partial charge on any atom is 0.422 e. The predicted octanol–water partition coefficient (Wildman–Crippen LogP) is 4.94. The number of amides is 2. The van der Waals surface area contributed by atoms with Gasteiger partial charge < -0.3 is 25.4 Å². The molecule has 178 valence electrons. The maximum atomic E-state index is 12.5. The first-order valence-electron chi connectivity index (χ1n) is 10.1. The van der Waals surface area contributed by atoms with Crippen molar-refractivity contribution in [2.24, 2.45) is 0 Å². The predicted molar refractivity (Wildman–Crippen MR) is 123 cm³/mol. The van der Waals surface area contributed by atoms with E-state index >= 15 is 0 Å². The third-order valence-electron chi connectivity index (χ3n) is 4.50. The third kappa shape index (κ3) is 7.16. The molecule has 3 N–H and O–H groups in total. The highest BCUT2D eigenvalue weighted by Crippen LogP contribution is 2.26. The molecular weight excluding hydrogens is 451 g/mol. The van der Waals surface area contributed by atoms with Crippen molar-refractivity contribution in [1.29, 1.82) is 0 Å². The number of hydrogen-bond acceptors (Lipinski definition) is 5. The molecule has 0 heterocycles. The van der Waals surface area contributed by atoms with E-state index in [0.717, 1.165) is 0 Å². The summed E-state index contributed by atoms with van der Waals surface area (Å²) in [5.41, 5.74) is 1.60. The molecule has 0 aliphatic heterocycles. The monoisotopic (exact) mass is 473 g/mol. The largest absolute Gasteiger partial charge is 0.495 e. The number of halogens is 3. The fourth-order valence-corrected chi connectivity index (χ4v) is 2.93. The highest BCUT2D eigenvalue weighted by Gasteiger charge is 2.28. The van der Waals surface area contributed by atoms with Crippen LogP contribution in [0.1, 0.15) is 10.4 Å². The van der Waals surface area contributed by atoms with E-state index in [4.69, 9.17) is 9.47 Å². The molecule has 34 heavy (non-hydrogen) atoms. The number of benzene rings is 3. The van der Waals surface area contributed by atoms with Crippen molar-refractivity contribution in [3.05, 3.63) is 78.4 Å². The second-order valence-electron chi connectivity index (χ2n) is 7.03. The van der Waals surface area contributed by atoms with Gasteiger partial charge in [0.1, 0.15) is 11.5 Å². The lowest BCUT2D eigenvalue weighted by molar-refractivity contribution is -0.153. The number of carbonyl (C=O) groups is 2. The van der Waals surface area contributed by atoms with Gasteiger partial charge in [-0.2, -0.15) is 13.2 Å². The van der Waals surface area contributed by atoms with Crippen LogP contribution in [-0.4, -0.2) is 38.3 Å². The zero-order chi connectivity index (χ0) is 24.6. The average Bonchev–Trinajstić information content (AvgIpc) is 2.82. The summed E-state index contributed by atoms with van der Waals surface area (Å²) in [6, 6.07) is 19.2. The van der Waals surface area contributed by atoms with E-state index in [1.807, 2.05) is 0 Å². The summed E-state index contributed by atoms with van der Waals surface area (Å²) in [6.07, 6.45) is -4.47. The van der Waals surface area contributed by atoms with Gasteiger partial charge in [0.2, 0.25) is 5.91 Å². The van der Waals surface area contributed by atoms with Crippen molar-refractivity contribution < 1.29 is 32.2 Å². The SMILES string of the molecule is COc1ccccc1NC(=O)c1ccc(NC(=O)CNc2ccccc2OCC(F)(F)F)cc1. The fraction of sp³-hybridized carbons (Fsp3) is 0.167. The number of ether oxygens (including phenoxy) is 2. The summed E-state index contributed by atoms with van der Waals surface area (Å²) >= 11 is 0. The average molecular weight is 473 g/mol. The van der Waals surface area contributed by atoms with Gasteiger partial charge in [-0.15, -0.1) is 0 Å². The topological polar surface area (TPSA) is 88.7 Å². The molecule has 0 unspecified atom stereocenters. The molecule has 0 fully saturated rings. The van der Waals surface area contributed by atoms with Crippen molar-refractivity contribution >= 4 is 28.9 Å². The van der Waals surface area contributed by atoms with Crippen molar-refractivity contribution in [2.75, 3.05) is 36.2 Å². The van der Waals surface area contributed by atoms with E-state index in [0.29, 0.717) is 22.7 Å². The molecule has 0 aromatic heterocycles. The van der Waals surface area contributed by atoms with Crippen LogP contribution in [0.4, 0.5) is 30.2 Å². The molecule has 2 amide bonds. The smallest absolute Gasteiger partial charge is 0.422 e. The van der Waals surface area contributed by atoms with Gasteiger partial charge >= 0.3 is 6.18 Å². The first-order valence-corrected chi connectivity index (χ1v) is 10.1. The number of para-hydroxylation sites is 4. The molecule has 0 aliphatic rings. The molecule has 3 aromatic carbocycles. The highest BCUT2D eigenvalue weighted by molar-refractivity contribution is 6.05. The Kier molecular flexibility index (Phi) is 7.96. The Balaban J connectivity index is 1.54. The summed E-state index contributed by atoms with van der Waals surface area (Å²) < 4.78 is 47.2. The molecule has 3 aromatic rings. The summed E-state index contributed by atoms with van der Waals surface area (Å²) in [5.74, 6) is -0.271. The van der Waals surface area contributed by atoms with Crippen molar-refractivity contribution in [3.8, 4) is 11.5 Å². The van der Waals surface area contributed by atoms with Crippen LogP contribution in [0, 0.1) is 0 Å². The van der Waals surface area contributed by atoms with Gasteiger partial charge in [-0.25, -0.2) is 0 Å². The summed E-state index contributed by atoms with van der Waals surface area (Å²) in [5, 5.41) is 8.16. The Bertz CT molecular complexity index is 1130. The molecule has 0 spiro atoms. The molecule has 0 bridgehead atoms. The Hall–Kier alpha value is -4.21. The number of nitrogens with one attached hydrogen (secondary N) is 3. The lowest BCUT2D eigenvalue weighted by atomic mass is 10.2. The zero-order valence-electron chi connectivity index (χ0n) is 18.1. The van der Waals surface area contributed by atoms with Gasteiger partial charge in [-0.05, 0) is 48.5 Å². The van der Waals surface area contributed by atoms with Crippen LogP contribution < -0.4 is 25.4 Å². The van der Waals surface area contributed by atoms with Crippen LogP contribution in [0.25, 0.3) is 0 Å². The van der Waals surface area contributed by atoms with Gasteiger partial charge in [0.25, 0.3) is 5.91 Å². The Morgan fingerprint density at radius 2 is 1.44 bits per heavy atom. The van der Waals surface area contributed by atoms with Gasteiger partial charge in [-0.3, -0.25) is 9.59 Å². The van der Waals surface area contributed by atoms with Crippen LogP contribution in [0.2, 0.25) is 0 Å². The Morgan fingerprint density at radius 1 is 0.824 bits per heavy atom. The van der Waals surface area contributed by atoms with Crippen molar-refractivity contribution in [3.63, 3.8) is 0 Å². The minimum absolute atomic E-state index is 0.0157. The minimum atomic E-state index is -4.47. The summed E-state index contributed by atoms with van der Waals surface area (Å²) in [7, 11) is 1.51. The first-order chi connectivity index (χ1) is 16.2. The van der Waals surface area contributed by atoms with Crippen LogP contribution in [0.5, 0.6) is 11.5 Å². The molecular formula is C24H22F3N3O4. The van der Waals surface area contributed by atoms with E-state index in [-0.39, 0.29) is 23.9 Å². The standard InChI is InChI=1S/C24H22F3N3O4/c1-33-20-8-4-3-7-19(20)30-23(32)16-10-12-17(13-11-16)29-22(31)14-28-18-6-2-5-9-21(18)34-15-24(25,26)27/h2-13,28H,14-15H2,1H3,(H,29,31)(H,30,32). The van der Waals surface area contributed by atoms with E-state index < -0.39 is 18.7 Å². The molecule has 0 aliphatic carbocycles. The molecule has 7 nitrogen and oxygen atoms in total. The number of carbonyl (C=O) groups excluding carboxylic acids is 2. The zero-order valence-corrected chi connectivity index (χ0v) is 18.1. The number of rotatable bonds is 9. The normalized spacial score (nSPS) is 10.8. The van der Waals surface area contributed by atoms with Gasteiger partial charge in [0, 0.05) is 11.3 Å². The Morgan fingerprint density at radius 3 is 2.09 bits per heavy atom. The van der Waals surface area contributed by atoms with Crippen LogP contribution in [0.15, 0.2) is 72.8 Å². The molecule has 0 saturated carbocycles. The van der Waals surface area contributed by atoms with Gasteiger partial charge in [-0.1, -0.05) is 24.3 Å². The molecule has 10 heteroatoms. The summed E-state index contributed by atoms with van der Waals surface area (Å²) in [4.78, 5) is 24.7. The van der Waals surface area contributed by atoms with E-state index in [1.54, 1.807) is 54.6 Å². The molecule has 0 radical (unpaired) electrons. The lowest BCUT2D eigenvalue weighted by Crippen LogP contribution is -2.23. The van der Waals surface area contributed by atoms with Crippen LogP contribution in [-0.2, 0) is 4.79 Å². The number of anilines is 3. The molecule has 0 atom stereocenters. The van der Waals surface area contributed by atoms with E-state index in [1.165, 1.54) is 25.3 Å². The Labute approximate surface area is 193 Å². The fourth-order valence-electron chi connectivity index (χ4n) is 2.93. The van der Waals surface area contributed by atoms with E-state index in [2.05, 4.69) is 16.0 Å². The van der Waals surface area contributed by atoms with E-state index in [9.17, 15) is 22.8 Å². The van der Waals surface area contributed by atoms with Crippen molar-refractivity contribution in [1.82, 2.24) is 0 Å². The van der Waals surface area contributed by atoms with Gasteiger partial charge in [0.05, 0.1) is 25.0 Å². The summed E-state index contributed by atoms with van der Waals surface area (Å²) in [6.45, 7) is -1.64. The lowest BCUT2D eigenvalue weighted by Gasteiger charge is -2.14. The maximum absolute atomic E-state index is 12.5. The van der Waals surface area contributed by atoms with Crippen LogP contribution in [0.3, 0.4) is 0 Å².